The summed E-state index contributed by atoms with van der Waals surface area (Å²) in [5.74, 6) is -0.935. The molecule has 0 unspecified atom stereocenters. The van der Waals surface area contributed by atoms with Crippen LogP contribution in [-0.2, 0) is 25.5 Å². The Morgan fingerprint density at radius 1 is 1.04 bits per heavy atom. The minimum absolute atomic E-state index is 0.0421. The molecule has 2 amide bonds. The first-order valence-corrected chi connectivity index (χ1v) is 8.92. The highest BCUT2D eigenvalue weighted by molar-refractivity contribution is 5.89. The lowest BCUT2D eigenvalue weighted by Crippen LogP contribution is -2.33. The molecule has 2 aromatic rings. The number of hydrogen-bond donors (Lipinski definition) is 2. The number of benzene rings is 2. The van der Waals surface area contributed by atoms with E-state index < -0.39 is 12.1 Å². The van der Waals surface area contributed by atoms with Crippen LogP contribution in [0.25, 0.3) is 0 Å². The highest BCUT2D eigenvalue weighted by atomic mass is 16.5. The second kappa shape index (κ2) is 8.49. The molecule has 0 saturated heterocycles. The Morgan fingerprint density at radius 3 is 2.30 bits per heavy atom. The zero-order chi connectivity index (χ0) is 19.2. The van der Waals surface area contributed by atoms with Crippen molar-refractivity contribution in [1.29, 1.82) is 0 Å². The van der Waals surface area contributed by atoms with Crippen LogP contribution in [0.4, 0.5) is 5.69 Å². The van der Waals surface area contributed by atoms with Crippen LogP contribution in [0.2, 0.25) is 0 Å². The number of anilines is 1. The molecule has 1 atom stereocenters. The highest BCUT2D eigenvalue weighted by Crippen LogP contribution is 2.23. The largest absolute Gasteiger partial charge is 0.447 e. The highest BCUT2D eigenvalue weighted by Gasteiger charge is 2.30. The molecule has 1 aliphatic carbocycles. The van der Waals surface area contributed by atoms with E-state index in [-0.39, 0.29) is 24.3 Å². The molecule has 2 aromatic carbocycles. The molecular formula is C21H22N2O4. The number of carbonyl (C=O) groups is 3. The molecule has 1 aliphatic rings. The quantitative estimate of drug-likeness (QED) is 0.738. The number of nitrogens with one attached hydrogen (secondary N) is 2. The van der Waals surface area contributed by atoms with Gasteiger partial charge in [-0.25, -0.2) is 0 Å². The molecule has 0 radical (unpaired) electrons. The van der Waals surface area contributed by atoms with Crippen LogP contribution in [0.1, 0.15) is 37.0 Å². The van der Waals surface area contributed by atoms with Gasteiger partial charge in [-0.15, -0.1) is 0 Å². The maximum atomic E-state index is 12.5. The Bertz CT molecular complexity index is 814. The van der Waals surface area contributed by atoms with Gasteiger partial charge < -0.3 is 15.4 Å². The topological polar surface area (TPSA) is 84.5 Å². The second-order valence-electron chi connectivity index (χ2n) is 6.62. The molecule has 27 heavy (non-hydrogen) atoms. The summed E-state index contributed by atoms with van der Waals surface area (Å²) in [4.78, 5) is 35.9. The van der Waals surface area contributed by atoms with E-state index in [1.807, 2.05) is 6.07 Å². The normalized spacial score (nSPS) is 14.1. The van der Waals surface area contributed by atoms with Crippen LogP contribution in [0.5, 0.6) is 0 Å². The molecule has 0 aliphatic heterocycles. The van der Waals surface area contributed by atoms with Crippen LogP contribution in [0, 0.1) is 0 Å². The molecule has 3 rings (SSSR count). The van der Waals surface area contributed by atoms with Crippen molar-refractivity contribution in [3.8, 4) is 0 Å². The van der Waals surface area contributed by atoms with E-state index in [0.29, 0.717) is 11.3 Å². The van der Waals surface area contributed by atoms with Crippen LogP contribution in [0.15, 0.2) is 54.6 Å². The summed E-state index contributed by atoms with van der Waals surface area (Å²) in [6.07, 6.45) is 1.00. The molecule has 0 aromatic heterocycles. The standard InChI is InChI=1S/C21H22N2O4/c1-14(24)22-17-9-7-15(8-10-17)13-19(25)27-20(16-5-3-2-4-6-16)21(26)23-18-11-12-18/h2-10,18,20H,11-13H2,1H3,(H,22,24)(H,23,26)/t20-/m1/s1. The summed E-state index contributed by atoms with van der Waals surface area (Å²) in [5, 5.41) is 5.56. The fraction of sp³-hybridized carbons (Fsp3) is 0.286. The van der Waals surface area contributed by atoms with Gasteiger partial charge >= 0.3 is 5.97 Å². The predicted octanol–water partition coefficient (Wildman–Crippen LogP) is 2.75. The van der Waals surface area contributed by atoms with Gasteiger partial charge in [-0.3, -0.25) is 14.4 Å². The third-order valence-electron chi connectivity index (χ3n) is 4.14. The van der Waals surface area contributed by atoms with Gasteiger partial charge in [0.25, 0.3) is 5.91 Å². The predicted molar refractivity (Wildman–Crippen MR) is 101 cm³/mol. The van der Waals surface area contributed by atoms with E-state index in [1.165, 1.54) is 6.92 Å². The van der Waals surface area contributed by atoms with Crippen LogP contribution in [0.3, 0.4) is 0 Å². The van der Waals surface area contributed by atoms with Crippen molar-refractivity contribution in [2.24, 2.45) is 0 Å². The van der Waals surface area contributed by atoms with E-state index >= 15 is 0 Å². The van der Waals surface area contributed by atoms with Crippen LogP contribution in [-0.4, -0.2) is 23.8 Å². The minimum atomic E-state index is -0.960. The van der Waals surface area contributed by atoms with Crippen molar-refractivity contribution in [1.82, 2.24) is 5.32 Å². The van der Waals surface area contributed by atoms with E-state index in [1.54, 1.807) is 48.5 Å². The van der Waals surface area contributed by atoms with E-state index in [0.717, 1.165) is 18.4 Å². The minimum Gasteiger partial charge on any atom is -0.447 e. The van der Waals surface area contributed by atoms with Gasteiger partial charge in [0.15, 0.2) is 0 Å². The summed E-state index contributed by atoms with van der Waals surface area (Å²) in [5.41, 5.74) is 2.04. The molecule has 140 valence electrons. The van der Waals surface area contributed by atoms with E-state index in [2.05, 4.69) is 10.6 Å². The molecule has 6 nitrogen and oxygen atoms in total. The lowest BCUT2D eigenvalue weighted by molar-refractivity contribution is -0.156. The van der Waals surface area contributed by atoms with Gasteiger partial charge in [-0.2, -0.15) is 0 Å². The second-order valence-corrected chi connectivity index (χ2v) is 6.62. The summed E-state index contributed by atoms with van der Waals surface area (Å²) in [6.45, 7) is 1.43. The zero-order valence-electron chi connectivity index (χ0n) is 15.1. The first-order valence-electron chi connectivity index (χ1n) is 8.92. The van der Waals surface area contributed by atoms with Crippen molar-refractivity contribution < 1.29 is 19.1 Å². The van der Waals surface area contributed by atoms with Crippen LogP contribution >= 0.6 is 0 Å². The summed E-state index contributed by atoms with van der Waals surface area (Å²) < 4.78 is 5.51. The lowest BCUT2D eigenvalue weighted by atomic mass is 10.1. The zero-order valence-corrected chi connectivity index (χ0v) is 15.1. The number of amides is 2. The van der Waals surface area contributed by atoms with Gasteiger partial charge in [0.2, 0.25) is 12.0 Å². The maximum Gasteiger partial charge on any atom is 0.311 e. The van der Waals surface area contributed by atoms with Gasteiger partial charge in [0.1, 0.15) is 0 Å². The SMILES string of the molecule is CC(=O)Nc1ccc(CC(=O)O[C@@H](C(=O)NC2CC2)c2ccccc2)cc1. The number of esters is 1. The smallest absolute Gasteiger partial charge is 0.311 e. The third-order valence-corrected chi connectivity index (χ3v) is 4.14. The van der Waals surface area contributed by atoms with Gasteiger partial charge in [-0.1, -0.05) is 42.5 Å². The number of carbonyl (C=O) groups excluding carboxylic acids is 3. The first-order chi connectivity index (χ1) is 13.0. The van der Waals surface area contributed by atoms with Crippen molar-refractivity contribution in [2.75, 3.05) is 5.32 Å². The molecule has 2 N–H and O–H groups in total. The van der Waals surface area contributed by atoms with E-state index in [4.69, 9.17) is 4.74 Å². The van der Waals surface area contributed by atoms with Gasteiger partial charge in [0, 0.05) is 24.2 Å². The number of ether oxygens (including phenoxy) is 1. The molecule has 0 bridgehead atoms. The Kier molecular flexibility index (Phi) is 5.86. The fourth-order valence-corrected chi connectivity index (χ4v) is 2.65. The summed E-state index contributed by atoms with van der Waals surface area (Å²) in [6, 6.07) is 16.1. The number of hydrogen-bond acceptors (Lipinski definition) is 4. The molecule has 6 heteroatoms. The third kappa shape index (κ3) is 5.67. The fourth-order valence-electron chi connectivity index (χ4n) is 2.65. The molecule has 1 fully saturated rings. The Labute approximate surface area is 157 Å². The Balaban J connectivity index is 1.64. The summed E-state index contributed by atoms with van der Waals surface area (Å²) >= 11 is 0. The van der Waals surface area contributed by atoms with Crippen molar-refractivity contribution in [3.63, 3.8) is 0 Å². The average molecular weight is 366 g/mol. The average Bonchev–Trinajstić information content (AvgIpc) is 3.45. The molecule has 1 saturated carbocycles. The van der Waals surface area contributed by atoms with Crippen molar-refractivity contribution >= 4 is 23.5 Å². The van der Waals surface area contributed by atoms with Gasteiger partial charge in [-0.05, 0) is 30.5 Å². The van der Waals surface area contributed by atoms with Gasteiger partial charge in [0.05, 0.1) is 6.42 Å². The maximum absolute atomic E-state index is 12.5. The molecular weight excluding hydrogens is 344 g/mol. The monoisotopic (exact) mass is 366 g/mol. The van der Waals surface area contributed by atoms with E-state index in [9.17, 15) is 14.4 Å². The van der Waals surface area contributed by atoms with Crippen LogP contribution < -0.4 is 10.6 Å². The molecule has 0 heterocycles. The number of rotatable bonds is 7. The van der Waals surface area contributed by atoms with Crippen molar-refractivity contribution in [2.45, 2.75) is 38.3 Å². The first kappa shape index (κ1) is 18.6. The Hall–Kier alpha value is -3.15. The van der Waals surface area contributed by atoms with Crippen molar-refractivity contribution in [3.05, 3.63) is 65.7 Å². The lowest BCUT2D eigenvalue weighted by Gasteiger charge is -2.18. The molecule has 0 spiro atoms. The Morgan fingerprint density at radius 2 is 1.70 bits per heavy atom. The summed E-state index contributed by atoms with van der Waals surface area (Å²) in [7, 11) is 0.